The summed E-state index contributed by atoms with van der Waals surface area (Å²) in [5.41, 5.74) is 2.86. The predicted molar refractivity (Wildman–Crippen MR) is 166 cm³/mol. The van der Waals surface area contributed by atoms with Gasteiger partial charge in [-0.25, -0.2) is 9.59 Å². The van der Waals surface area contributed by atoms with Crippen LogP contribution in [0.3, 0.4) is 0 Å². The molecular formula is C32H37N5O5. The highest BCUT2D eigenvalue weighted by atomic mass is 16.5. The van der Waals surface area contributed by atoms with Crippen LogP contribution < -0.4 is 25.4 Å². The van der Waals surface area contributed by atoms with Gasteiger partial charge in [0.05, 0.1) is 37.0 Å². The lowest BCUT2D eigenvalue weighted by Crippen LogP contribution is -2.22. The van der Waals surface area contributed by atoms with Crippen LogP contribution in [0.5, 0.6) is 17.2 Å². The average Bonchev–Trinajstić information content (AvgIpc) is 2.93. The first-order valence-corrected chi connectivity index (χ1v) is 13.4. The number of pyridine rings is 1. The maximum absolute atomic E-state index is 13.3. The Labute approximate surface area is 246 Å². The second-order valence-electron chi connectivity index (χ2n) is 11.0. The smallest absolute Gasteiger partial charge is 0.411 e. The topological polar surface area (TPSA) is 114 Å². The highest BCUT2D eigenvalue weighted by Crippen LogP contribution is 2.39. The van der Waals surface area contributed by atoms with Crippen molar-refractivity contribution in [3.05, 3.63) is 78.1 Å². The van der Waals surface area contributed by atoms with Gasteiger partial charge in [-0.15, -0.1) is 0 Å². The standard InChI is InChI=1S/C32H37N5O5/c1-32(2,3)20-16-26(29(40-6)27(17-20)36-31(39)41-7)35-30(38)34-25-12-13-28(24-11-9-8-10-23(24)25)42-22-14-15-33-21(18-22)19-37(4)5/h8-18H,19H2,1-7H3,(H,36,39)(H2,34,35,38). The monoisotopic (exact) mass is 571 g/mol. The van der Waals surface area contributed by atoms with Crippen molar-refractivity contribution in [2.24, 2.45) is 0 Å². The van der Waals surface area contributed by atoms with Crippen molar-refractivity contribution >= 4 is 40.0 Å². The SMILES string of the molecule is COC(=O)Nc1cc(C(C)(C)C)cc(NC(=O)Nc2ccc(Oc3ccnc(CN(C)C)c3)c3ccccc23)c1OC. The van der Waals surface area contributed by atoms with Crippen LogP contribution in [-0.4, -0.2) is 50.3 Å². The van der Waals surface area contributed by atoms with Crippen molar-refractivity contribution in [2.75, 3.05) is 44.3 Å². The number of anilines is 3. The highest BCUT2D eigenvalue weighted by molar-refractivity contribution is 6.08. The van der Waals surface area contributed by atoms with E-state index in [1.807, 2.05) is 88.3 Å². The van der Waals surface area contributed by atoms with E-state index < -0.39 is 12.1 Å². The molecule has 0 aliphatic heterocycles. The van der Waals surface area contributed by atoms with E-state index in [0.717, 1.165) is 22.0 Å². The highest BCUT2D eigenvalue weighted by Gasteiger charge is 2.22. The summed E-state index contributed by atoms with van der Waals surface area (Å²) in [5, 5.41) is 10.1. The van der Waals surface area contributed by atoms with Crippen LogP contribution in [0.1, 0.15) is 32.0 Å². The second-order valence-corrected chi connectivity index (χ2v) is 11.0. The molecule has 3 amide bonds. The number of fused-ring (bicyclic) bond motifs is 1. The number of nitrogens with zero attached hydrogens (tertiary/aromatic N) is 2. The lowest BCUT2D eigenvalue weighted by molar-refractivity contribution is 0.187. The fraction of sp³-hybridized carbons (Fsp3) is 0.281. The fourth-order valence-electron chi connectivity index (χ4n) is 4.43. The minimum atomic E-state index is -0.649. The van der Waals surface area contributed by atoms with Crippen LogP contribution in [0.15, 0.2) is 66.9 Å². The zero-order valence-corrected chi connectivity index (χ0v) is 25.0. The molecule has 0 spiro atoms. The number of carbonyl (C=O) groups is 2. The number of hydrogen-bond acceptors (Lipinski definition) is 7. The normalized spacial score (nSPS) is 11.2. The molecule has 0 atom stereocenters. The number of benzene rings is 3. The van der Waals surface area contributed by atoms with E-state index in [-0.39, 0.29) is 5.41 Å². The third-order valence-electron chi connectivity index (χ3n) is 6.46. The summed E-state index contributed by atoms with van der Waals surface area (Å²) >= 11 is 0. The average molecular weight is 572 g/mol. The fourth-order valence-corrected chi connectivity index (χ4v) is 4.43. The van der Waals surface area contributed by atoms with Gasteiger partial charge in [0, 0.05) is 29.6 Å². The van der Waals surface area contributed by atoms with E-state index in [1.54, 1.807) is 18.3 Å². The number of nitrogens with one attached hydrogen (secondary N) is 3. The molecule has 0 aliphatic rings. The van der Waals surface area contributed by atoms with Gasteiger partial charge in [0.25, 0.3) is 0 Å². The molecule has 10 heteroatoms. The maximum Gasteiger partial charge on any atom is 0.411 e. The Kier molecular flexibility index (Phi) is 9.17. The quantitative estimate of drug-likeness (QED) is 0.205. The molecule has 0 radical (unpaired) electrons. The maximum atomic E-state index is 13.3. The van der Waals surface area contributed by atoms with Gasteiger partial charge in [-0.2, -0.15) is 0 Å². The molecule has 0 saturated heterocycles. The van der Waals surface area contributed by atoms with Crippen LogP contribution in [0.4, 0.5) is 26.7 Å². The van der Waals surface area contributed by atoms with Gasteiger partial charge in [-0.3, -0.25) is 10.3 Å². The van der Waals surface area contributed by atoms with E-state index in [9.17, 15) is 9.59 Å². The van der Waals surface area contributed by atoms with Crippen molar-refractivity contribution in [1.82, 2.24) is 9.88 Å². The zero-order valence-electron chi connectivity index (χ0n) is 25.0. The lowest BCUT2D eigenvalue weighted by Gasteiger charge is -2.24. The molecule has 42 heavy (non-hydrogen) atoms. The van der Waals surface area contributed by atoms with Gasteiger partial charge in [0.1, 0.15) is 11.5 Å². The van der Waals surface area contributed by atoms with Gasteiger partial charge >= 0.3 is 12.1 Å². The lowest BCUT2D eigenvalue weighted by atomic mass is 9.86. The van der Waals surface area contributed by atoms with Gasteiger partial charge in [-0.1, -0.05) is 45.0 Å². The summed E-state index contributed by atoms with van der Waals surface area (Å²) in [5.74, 6) is 1.62. The third-order valence-corrected chi connectivity index (χ3v) is 6.46. The molecule has 220 valence electrons. The minimum Gasteiger partial charge on any atom is -0.492 e. The number of amides is 3. The largest absolute Gasteiger partial charge is 0.492 e. The summed E-state index contributed by atoms with van der Waals surface area (Å²) in [7, 11) is 6.72. The van der Waals surface area contributed by atoms with Gasteiger partial charge in [0.15, 0.2) is 5.75 Å². The van der Waals surface area contributed by atoms with Crippen molar-refractivity contribution in [1.29, 1.82) is 0 Å². The van der Waals surface area contributed by atoms with E-state index >= 15 is 0 Å². The van der Waals surface area contributed by atoms with Gasteiger partial charge in [0.2, 0.25) is 0 Å². The molecule has 0 unspecified atom stereocenters. The molecule has 4 aromatic rings. The molecule has 3 aromatic carbocycles. The van der Waals surface area contributed by atoms with Crippen LogP contribution in [0.25, 0.3) is 10.8 Å². The summed E-state index contributed by atoms with van der Waals surface area (Å²) in [6, 6.07) is 18.2. The van der Waals surface area contributed by atoms with Crippen molar-refractivity contribution < 1.29 is 23.8 Å². The van der Waals surface area contributed by atoms with Crippen molar-refractivity contribution in [3.63, 3.8) is 0 Å². The Morgan fingerprint density at radius 2 is 1.52 bits per heavy atom. The summed E-state index contributed by atoms with van der Waals surface area (Å²) in [4.78, 5) is 31.8. The van der Waals surface area contributed by atoms with E-state index in [4.69, 9.17) is 14.2 Å². The van der Waals surface area contributed by atoms with E-state index in [1.165, 1.54) is 14.2 Å². The molecule has 0 fully saturated rings. The molecule has 0 bridgehead atoms. The number of methoxy groups -OCH3 is 2. The first-order chi connectivity index (χ1) is 20.0. The van der Waals surface area contributed by atoms with Crippen molar-refractivity contribution in [3.8, 4) is 17.2 Å². The Morgan fingerprint density at radius 3 is 2.17 bits per heavy atom. The molecule has 4 rings (SSSR count). The molecule has 10 nitrogen and oxygen atoms in total. The van der Waals surface area contributed by atoms with Crippen LogP contribution in [0, 0.1) is 0 Å². The number of aromatic nitrogens is 1. The molecule has 1 aromatic heterocycles. The van der Waals surface area contributed by atoms with Gasteiger partial charge < -0.3 is 29.7 Å². The number of urea groups is 1. The number of ether oxygens (including phenoxy) is 3. The van der Waals surface area contributed by atoms with E-state index in [2.05, 4.69) is 20.9 Å². The Morgan fingerprint density at radius 1 is 0.857 bits per heavy atom. The van der Waals surface area contributed by atoms with Crippen LogP contribution in [0.2, 0.25) is 0 Å². The second kappa shape index (κ2) is 12.8. The van der Waals surface area contributed by atoms with Crippen molar-refractivity contribution in [2.45, 2.75) is 32.7 Å². The number of hydrogen-bond donors (Lipinski definition) is 3. The number of carbonyl (C=O) groups excluding carboxylic acids is 2. The summed E-state index contributed by atoms with van der Waals surface area (Å²) in [6.45, 7) is 6.79. The number of rotatable bonds is 8. The first kappa shape index (κ1) is 30.1. The molecule has 0 aliphatic carbocycles. The Balaban J connectivity index is 1.62. The van der Waals surface area contributed by atoms with Crippen LogP contribution >= 0.6 is 0 Å². The Bertz CT molecular complexity index is 1600. The van der Waals surface area contributed by atoms with E-state index in [0.29, 0.717) is 40.9 Å². The molecule has 1 heterocycles. The first-order valence-electron chi connectivity index (χ1n) is 13.4. The Hall–Kier alpha value is -4.83. The predicted octanol–water partition coefficient (Wildman–Crippen LogP) is 7.22. The zero-order chi connectivity index (χ0) is 30.4. The third kappa shape index (κ3) is 7.27. The van der Waals surface area contributed by atoms with Crippen LogP contribution in [-0.2, 0) is 16.7 Å². The molecule has 3 N–H and O–H groups in total. The minimum absolute atomic E-state index is 0.278. The van der Waals surface area contributed by atoms with Gasteiger partial charge in [-0.05, 0) is 55.4 Å². The summed E-state index contributed by atoms with van der Waals surface area (Å²) < 4.78 is 16.6. The molecule has 0 saturated carbocycles. The summed E-state index contributed by atoms with van der Waals surface area (Å²) in [6.07, 6.45) is 1.08. The molecular weight excluding hydrogens is 534 g/mol.